The fourth-order valence-electron chi connectivity index (χ4n) is 1.91. The van der Waals surface area contributed by atoms with Crippen LogP contribution in [0.25, 0.3) is 0 Å². The van der Waals surface area contributed by atoms with Gasteiger partial charge in [-0.05, 0) is 26.0 Å². The number of carbonyl (C=O) groups excluding carboxylic acids is 2. The highest BCUT2D eigenvalue weighted by Gasteiger charge is 2.18. The van der Waals surface area contributed by atoms with Crippen LogP contribution in [0.4, 0.5) is 0 Å². The van der Waals surface area contributed by atoms with Gasteiger partial charge in [0.05, 0.1) is 18.4 Å². The zero-order valence-electron chi connectivity index (χ0n) is 12.6. The lowest BCUT2D eigenvalue weighted by atomic mass is 10.2. The van der Waals surface area contributed by atoms with Crippen molar-refractivity contribution in [3.05, 3.63) is 47.3 Å². The Bertz CT molecular complexity index is 716. The van der Waals surface area contributed by atoms with Gasteiger partial charge in [0, 0.05) is 0 Å². The Hall–Kier alpha value is -3.03. The van der Waals surface area contributed by atoms with Crippen molar-refractivity contribution in [3.8, 4) is 0 Å². The van der Waals surface area contributed by atoms with E-state index in [0.717, 1.165) is 0 Å². The molecule has 0 saturated heterocycles. The first-order valence-corrected chi connectivity index (χ1v) is 6.82. The number of nitrogens with one attached hydrogen (secondary N) is 2. The first kappa shape index (κ1) is 16.3. The van der Waals surface area contributed by atoms with Crippen LogP contribution in [0.3, 0.4) is 0 Å². The summed E-state index contributed by atoms with van der Waals surface area (Å²) < 4.78 is 10.0. The smallest absolute Gasteiger partial charge is 0.339 e. The van der Waals surface area contributed by atoms with Crippen LogP contribution >= 0.6 is 0 Å². The Labute approximate surface area is 131 Å². The van der Waals surface area contributed by atoms with Crippen molar-refractivity contribution in [2.24, 2.45) is 0 Å². The number of aryl methyl sites for hydroxylation is 1. The third kappa shape index (κ3) is 4.00. The quantitative estimate of drug-likeness (QED) is 0.738. The van der Waals surface area contributed by atoms with Gasteiger partial charge in [0.2, 0.25) is 5.91 Å². The van der Waals surface area contributed by atoms with E-state index in [1.54, 1.807) is 0 Å². The summed E-state index contributed by atoms with van der Waals surface area (Å²) in [5.41, 5.74) is 0.368. The van der Waals surface area contributed by atoms with Crippen LogP contribution in [0.2, 0.25) is 0 Å². The van der Waals surface area contributed by atoms with Gasteiger partial charge in [-0.2, -0.15) is 0 Å². The Morgan fingerprint density at radius 2 is 2.09 bits per heavy atom. The zero-order valence-corrected chi connectivity index (χ0v) is 12.6. The van der Waals surface area contributed by atoms with Gasteiger partial charge in [-0.3, -0.25) is 9.59 Å². The summed E-state index contributed by atoms with van der Waals surface area (Å²) in [6, 6.07) is 2.07. The van der Waals surface area contributed by atoms with Crippen LogP contribution in [0, 0.1) is 6.92 Å². The minimum absolute atomic E-state index is 0.0267. The maximum atomic E-state index is 11.9. The normalized spacial score (nSPS) is 11.7. The third-order valence-corrected chi connectivity index (χ3v) is 3.16. The molecule has 2 amide bonds. The predicted octanol–water partition coefficient (Wildman–Crippen LogP) is 1.31. The molecule has 2 aromatic rings. The molecule has 1 atom stereocenters. The van der Waals surface area contributed by atoms with Crippen LogP contribution in [0.5, 0.6) is 0 Å². The van der Waals surface area contributed by atoms with E-state index >= 15 is 0 Å². The number of carboxylic acids is 1. The van der Waals surface area contributed by atoms with Gasteiger partial charge in [-0.1, -0.05) is 0 Å². The molecule has 0 fully saturated rings. The second-order valence-electron chi connectivity index (χ2n) is 4.91. The lowest BCUT2D eigenvalue weighted by Crippen LogP contribution is -2.44. The van der Waals surface area contributed by atoms with Crippen molar-refractivity contribution in [3.63, 3.8) is 0 Å². The second kappa shape index (κ2) is 6.82. The fraction of sp³-hybridized carbons (Fsp3) is 0.267. The van der Waals surface area contributed by atoms with Crippen LogP contribution in [-0.2, 0) is 11.3 Å². The Morgan fingerprint density at radius 3 is 2.65 bits per heavy atom. The largest absolute Gasteiger partial charge is 0.478 e. The van der Waals surface area contributed by atoms with Crippen molar-refractivity contribution >= 4 is 17.8 Å². The molecule has 0 aliphatic heterocycles. The number of carboxylic acid groups (broad SMARTS) is 1. The number of rotatable bonds is 6. The molecule has 0 aliphatic rings. The average molecular weight is 320 g/mol. The van der Waals surface area contributed by atoms with Crippen molar-refractivity contribution in [2.45, 2.75) is 26.4 Å². The summed E-state index contributed by atoms with van der Waals surface area (Å²) in [5.74, 6) is -1.36. The van der Waals surface area contributed by atoms with Crippen LogP contribution < -0.4 is 10.6 Å². The summed E-state index contributed by atoms with van der Waals surface area (Å²) in [6.45, 7) is 3.09. The molecule has 0 spiro atoms. The van der Waals surface area contributed by atoms with E-state index in [-0.39, 0.29) is 17.9 Å². The molecule has 2 aromatic heterocycles. The van der Waals surface area contributed by atoms with Gasteiger partial charge in [0.1, 0.15) is 29.4 Å². The minimum Gasteiger partial charge on any atom is -0.478 e. The van der Waals surface area contributed by atoms with E-state index in [9.17, 15) is 14.4 Å². The molecule has 2 heterocycles. The molecule has 1 unspecified atom stereocenters. The summed E-state index contributed by atoms with van der Waals surface area (Å²) in [5, 5.41) is 14.0. The molecule has 0 saturated carbocycles. The standard InChI is InChI=1S/C15H16N2O6/c1-8(17-14(19)10-3-4-22-7-10)13(18)16-6-11-5-12(15(20)21)9(2)23-11/h3-5,7-8H,6H2,1-2H3,(H,16,18)(H,17,19)(H,20,21). The molecule has 3 N–H and O–H groups in total. The second-order valence-corrected chi connectivity index (χ2v) is 4.91. The van der Waals surface area contributed by atoms with Gasteiger partial charge in [0.15, 0.2) is 0 Å². The topological polar surface area (TPSA) is 122 Å². The number of aromatic carboxylic acids is 1. The lowest BCUT2D eigenvalue weighted by molar-refractivity contribution is -0.122. The van der Waals surface area contributed by atoms with Gasteiger partial charge in [-0.25, -0.2) is 4.79 Å². The average Bonchev–Trinajstić information content (AvgIpc) is 3.13. The molecular weight excluding hydrogens is 304 g/mol. The molecule has 8 heteroatoms. The number of hydrogen-bond acceptors (Lipinski definition) is 5. The van der Waals surface area contributed by atoms with Crippen LogP contribution in [0.15, 0.2) is 33.5 Å². The first-order valence-electron chi connectivity index (χ1n) is 6.82. The summed E-state index contributed by atoms with van der Waals surface area (Å²) in [4.78, 5) is 34.6. The van der Waals surface area contributed by atoms with E-state index in [1.165, 1.54) is 38.5 Å². The molecule has 2 rings (SSSR count). The summed E-state index contributed by atoms with van der Waals surface area (Å²) in [6.07, 6.45) is 2.64. The minimum atomic E-state index is -1.09. The fourth-order valence-corrected chi connectivity index (χ4v) is 1.91. The number of hydrogen-bond donors (Lipinski definition) is 3. The van der Waals surface area contributed by atoms with Crippen LogP contribution in [0.1, 0.15) is 39.2 Å². The van der Waals surface area contributed by atoms with Crippen LogP contribution in [-0.4, -0.2) is 28.9 Å². The lowest BCUT2D eigenvalue weighted by Gasteiger charge is -2.12. The van der Waals surface area contributed by atoms with Crippen molar-refractivity contribution in [1.29, 1.82) is 0 Å². The van der Waals surface area contributed by atoms with E-state index in [0.29, 0.717) is 11.3 Å². The Balaban J connectivity index is 1.88. The number of carbonyl (C=O) groups is 3. The monoisotopic (exact) mass is 320 g/mol. The zero-order chi connectivity index (χ0) is 17.0. The predicted molar refractivity (Wildman–Crippen MR) is 77.9 cm³/mol. The third-order valence-electron chi connectivity index (χ3n) is 3.16. The summed E-state index contributed by atoms with van der Waals surface area (Å²) in [7, 11) is 0. The molecule has 0 bridgehead atoms. The van der Waals surface area contributed by atoms with E-state index in [2.05, 4.69) is 10.6 Å². The maximum absolute atomic E-state index is 11.9. The molecule has 8 nitrogen and oxygen atoms in total. The molecule has 0 aliphatic carbocycles. The van der Waals surface area contributed by atoms with E-state index < -0.39 is 23.8 Å². The van der Waals surface area contributed by atoms with Gasteiger partial charge in [-0.15, -0.1) is 0 Å². The highest BCUT2D eigenvalue weighted by Crippen LogP contribution is 2.14. The highest BCUT2D eigenvalue weighted by molar-refractivity contribution is 5.97. The molecule has 0 radical (unpaired) electrons. The van der Waals surface area contributed by atoms with E-state index in [4.69, 9.17) is 13.9 Å². The SMILES string of the molecule is Cc1oc(CNC(=O)C(C)NC(=O)c2ccoc2)cc1C(=O)O. The van der Waals surface area contributed by atoms with E-state index in [1.807, 2.05) is 0 Å². The highest BCUT2D eigenvalue weighted by atomic mass is 16.4. The number of furan rings is 2. The number of amides is 2. The van der Waals surface area contributed by atoms with Gasteiger partial charge < -0.3 is 24.6 Å². The maximum Gasteiger partial charge on any atom is 0.339 e. The first-order chi connectivity index (χ1) is 10.9. The molecule has 0 aromatic carbocycles. The Kier molecular flexibility index (Phi) is 4.85. The van der Waals surface area contributed by atoms with Crippen molar-refractivity contribution in [2.75, 3.05) is 0 Å². The van der Waals surface area contributed by atoms with Crippen molar-refractivity contribution < 1.29 is 28.3 Å². The van der Waals surface area contributed by atoms with Crippen molar-refractivity contribution in [1.82, 2.24) is 10.6 Å². The molecule has 122 valence electrons. The summed E-state index contributed by atoms with van der Waals surface area (Å²) >= 11 is 0. The Morgan fingerprint density at radius 1 is 1.35 bits per heavy atom. The van der Waals surface area contributed by atoms with Gasteiger partial charge >= 0.3 is 5.97 Å². The van der Waals surface area contributed by atoms with Gasteiger partial charge in [0.25, 0.3) is 5.91 Å². The molecule has 23 heavy (non-hydrogen) atoms. The molecular formula is C15H16N2O6.